The van der Waals surface area contributed by atoms with Crippen LogP contribution in [0.15, 0.2) is 36.4 Å². The molecule has 6 heteroatoms. The predicted molar refractivity (Wildman–Crippen MR) is 95.4 cm³/mol. The molecule has 2 aromatic rings. The summed E-state index contributed by atoms with van der Waals surface area (Å²) in [7, 11) is 4.97. The number of benzene rings is 2. The van der Waals surface area contributed by atoms with Crippen LogP contribution in [0.4, 0.5) is 5.69 Å². The van der Waals surface area contributed by atoms with Crippen molar-refractivity contribution in [3.63, 3.8) is 0 Å². The summed E-state index contributed by atoms with van der Waals surface area (Å²) in [4.78, 5) is 13.6. The van der Waals surface area contributed by atoms with Gasteiger partial charge in [0.05, 0.1) is 19.1 Å². The zero-order valence-corrected chi connectivity index (χ0v) is 14.7. The largest absolute Gasteiger partial charge is 0.493 e. The first-order valence-corrected chi connectivity index (χ1v) is 8.23. The summed E-state index contributed by atoms with van der Waals surface area (Å²) in [6.07, 6.45) is 1.54. The van der Waals surface area contributed by atoms with Gasteiger partial charge in [-0.15, -0.1) is 0 Å². The van der Waals surface area contributed by atoms with E-state index in [1.54, 1.807) is 12.1 Å². The molecule has 0 amide bonds. The second-order valence-corrected chi connectivity index (χ2v) is 6.22. The van der Waals surface area contributed by atoms with Crippen LogP contribution in [0.1, 0.15) is 22.7 Å². The molecule has 1 aliphatic rings. The molecular formula is C19H22N2O4. The normalized spacial score (nSPS) is 17.0. The quantitative estimate of drug-likeness (QED) is 0.614. The number of hydrogen-bond acceptors (Lipinski definition) is 5. The molecule has 0 saturated heterocycles. The van der Waals surface area contributed by atoms with Crippen molar-refractivity contribution in [2.45, 2.75) is 18.9 Å². The third-order valence-corrected chi connectivity index (χ3v) is 4.88. The van der Waals surface area contributed by atoms with Crippen LogP contribution in [0.5, 0.6) is 11.5 Å². The second kappa shape index (κ2) is 7.11. The van der Waals surface area contributed by atoms with E-state index in [-0.39, 0.29) is 22.4 Å². The molecule has 0 spiro atoms. The van der Waals surface area contributed by atoms with Crippen molar-refractivity contribution in [3.8, 4) is 11.5 Å². The van der Waals surface area contributed by atoms with Crippen molar-refractivity contribution in [2.24, 2.45) is 0 Å². The van der Waals surface area contributed by atoms with Gasteiger partial charge in [0.15, 0.2) is 5.75 Å². The first-order chi connectivity index (χ1) is 12.1. The topological polar surface area (TPSA) is 64.8 Å². The molecule has 0 aromatic heterocycles. The lowest BCUT2D eigenvalue weighted by atomic mass is 10.1. The molecule has 3 rings (SSSR count). The standard InChI is InChI=1S/C19H22N2O4/c1-20-11-10-13-6-4-5-7-15(13)16(20)12-14-8-9-17(24-2)19(25-3)18(14)21(22)23/h4-9,16H,10-12H2,1-3H3/i16+2. The first-order valence-electron chi connectivity index (χ1n) is 8.23. The van der Waals surface area contributed by atoms with Gasteiger partial charge in [0.2, 0.25) is 5.75 Å². The number of nitro benzene ring substituents is 1. The lowest BCUT2D eigenvalue weighted by molar-refractivity contribution is -0.386. The van der Waals surface area contributed by atoms with Crippen molar-refractivity contribution in [2.75, 3.05) is 27.8 Å². The van der Waals surface area contributed by atoms with Crippen LogP contribution in [0, 0.1) is 10.1 Å². The van der Waals surface area contributed by atoms with Gasteiger partial charge in [-0.25, -0.2) is 0 Å². The van der Waals surface area contributed by atoms with Crippen molar-refractivity contribution in [1.29, 1.82) is 0 Å². The molecule has 1 aliphatic heterocycles. The van der Waals surface area contributed by atoms with Crippen molar-refractivity contribution >= 4 is 5.69 Å². The molecule has 0 radical (unpaired) electrons. The Morgan fingerprint density at radius 1 is 1.20 bits per heavy atom. The summed E-state index contributed by atoms with van der Waals surface area (Å²) in [6, 6.07) is 11.9. The van der Waals surface area contributed by atoms with E-state index >= 15 is 0 Å². The van der Waals surface area contributed by atoms with Gasteiger partial charge in [-0.05, 0) is 43.1 Å². The molecule has 0 fully saturated rings. The Kier molecular flexibility index (Phi) is 4.90. The number of hydrogen-bond donors (Lipinski definition) is 0. The fourth-order valence-corrected chi connectivity index (χ4v) is 3.57. The Balaban J connectivity index is 2.05. The molecule has 0 aliphatic carbocycles. The molecule has 0 bridgehead atoms. The highest BCUT2D eigenvalue weighted by Gasteiger charge is 2.30. The lowest BCUT2D eigenvalue weighted by Gasteiger charge is -2.34. The Morgan fingerprint density at radius 3 is 2.64 bits per heavy atom. The van der Waals surface area contributed by atoms with E-state index in [0.29, 0.717) is 17.7 Å². The average molecular weight is 344 g/mol. The van der Waals surface area contributed by atoms with Crippen LogP contribution in [-0.2, 0) is 12.8 Å². The molecule has 1 heterocycles. The number of nitrogens with zero attached hydrogens (tertiary/aromatic N) is 2. The van der Waals surface area contributed by atoms with Crippen LogP contribution in [-0.4, -0.2) is 37.6 Å². The van der Waals surface area contributed by atoms with E-state index in [0.717, 1.165) is 13.0 Å². The molecule has 2 aromatic carbocycles. The molecule has 132 valence electrons. The van der Waals surface area contributed by atoms with E-state index in [9.17, 15) is 10.1 Å². The second-order valence-electron chi connectivity index (χ2n) is 6.22. The van der Waals surface area contributed by atoms with Crippen LogP contribution in [0.2, 0.25) is 0 Å². The Labute approximate surface area is 147 Å². The van der Waals surface area contributed by atoms with Crippen molar-refractivity contribution < 1.29 is 14.4 Å². The first kappa shape index (κ1) is 17.2. The molecule has 25 heavy (non-hydrogen) atoms. The molecule has 6 nitrogen and oxygen atoms in total. The highest BCUT2D eigenvalue weighted by Crippen LogP contribution is 2.42. The predicted octanol–water partition coefficient (Wildman–Crippen LogP) is 3.38. The minimum atomic E-state index is -0.384. The van der Waals surface area contributed by atoms with E-state index in [1.165, 1.54) is 25.3 Å². The number of nitro groups is 1. The van der Waals surface area contributed by atoms with E-state index < -0.39 is 0 Å². The smallest absolute Gasteiger partial charge is 0.318 e. The number of likely N-dealkylation sites (N-methyl/N-ethyl adjacent to an activating group) is 1. The molecule has 0 N–H and O–H groups in total. The van der Waals surface area contributed by atoms with E-state index in [1.807, 2.05) is 12.1 Å². The van der Waals surface area contributed by atoms with Crippen LogP contribution < -0.4 is 9.47 Å². The van der Waals surface area contributed by atoms with Crippen LogP contribution in [0.25, 0.3) is 0 Å². The molecule has 1 unspecified atom stereocenters. The van der Waals surface area contributed by atoms with Crippen molar-refractivity contribution in [3.05, 3.63) is 63.2 Å². The zero-order valence-electron chi connectivity index (χ0n) is 14.7. The van der Waals surface area contributed by atoms with Gasteiger partial charge in [0, 0.05) is 18.2 Å². The van der Waals surface area contributed by atoms with Gasteiger partial charge < -0.3 is 9.47 Å². The maximum Gasteiger partial charge on any atom is 0.318 e. The summed E-state index contributed by atoms with van der Waals surface area (Å²) in [5, 5.41) is 11.7. The summed E-state index contributed by atoms with van der Waals surface area (Å²) in [6.45, 7) is 0.933. The number of methoxy groups -OCH3 is 2. The Bertz CT molecular complexity index is 791. The Morgan fingerprint density at radius 2 is 1.96 bits per heavy atom. The Hall–Kier alpha value is -2.60. The number of ether oxygens (including phenoxy) is 2. The fourth-order valence-electron chi connectivity index (χ4n) is 3.57. The molecule has 1 atom stereocenters. The SMILES string of the molecule is COc1ccc(C[14CH]2c3ccccc3CCN2C)c([N+](=O)[O-])c1OC. The summed E-state index contributed by atoms with van der Waals surface area (Å²) < 4.78 is 10.5. The summed E-state index contributed by atoms with van der Waals surface area (Å²) >= 11 is 0. The lowest BCUT2D eigenvalue weighted by Crippen LogP contribution is -2.33. The van der Waals surface area contributed by atoms with E-state index in [2.05, 4.69) is 24.1 Å². The minimum absolute atomic E-state index is 0.0155. The zero-order chi connectivity index (χ0) is 18.0. The van der Waals surface area contributed by atoms with Crippen LogP contribution >= 0.6 is 0 Å². The van der Waals surface area contributed by atoms with Crippen LogP contribution in [0.3, 0.4) is 0 Å². The highest BCUT2D eigenvalue weighted by molar-refractivity contribution is 5.61. The number of rotatable bonds is 5. The van der Waals surface area contributed by atoms with Gasteiger partial charge >= 0.3 is 5.69 Å². The maximum absolute atomic E-state index is 11.7. The fraction of sp³-hybridized carbons (Fsp3) is 0.368. The van der Waals surface area contributed by atoms with Gasteiger partial charge in [-0.1, -0.05) is 24.3 Å². The molecular weight excluding hydrogens is 322 g/mol. The maximum atomic E-state index is 11.7. The number of fused-ring (bicyclic) bond motifs is 1. The van der Waals surface area contributed by atoms with Gasteiger partial charge in [-0.3, -0.25) is 15.0 Å². The third-order valence-electron chi connectivity index (χ3n) is 4.88. The minimum Gasteiger partial charge on any atom is -0.493 e. The monoisotopic (exact) mass is 344 g/mol. The summed E-state index contributed by atoms with van der Waals surface area (Å²) in [5.74, 6) is 0.548. The highest BCUT2D eigenvalue weighted by atomic mass is 16.6. The average Bonchev–Trinajstić information content (AvgIpc) is 2.63. The third kappa shape index (κ3) is 3.17. The van der Waals surface area contributed by atoms with Crippen molar-refractivity contribution in [1.82, 2.24) is 4.90 Å². The van der Waals surface area contributed by atoms with Gasteiger partial charge in [0.25, 0.3) is 0 Å². The summed E-state index contributed by atoms with van der Waals surface area (Å²) in [5.41, 5.74) is 3.18. The molecule has 0 saturated carbocycles. The van der Waals surface area contributed by atoms with Gasteiger partial charge in [-0.2, -0.15) is 0 Å². The van der Waals surface area contributed by atoms with Gasteiger partial charge in [0.1, 0.15) is 0 Å². The van der Waals surface area contributed by atoms with E-state index in [4.69, 9.17) is 9.47 Å².